The highest BCUT2D eigenvalue weighted by molar-refractivity contribution is 5.81. The number of benzene rings is 1. The van der Waals surface area contributed by atoms with E-state index in [0.29, 0.717) is 12.3 Å². The Bertz CT molecular complexity index is 467. The predicted octanol–water partition coefficient (Wildman–Crippen LogP) is 1.93. The molecule has 0 radical (unpaired) electrons. The molecule has 1 heterocycles. The van der Waals surface area contributed by atoms with Crippen LogP contribution >= 0.6 is 0 Å². The standard InChI is InChI=1S/C15H21FN2O2/c1-11(20-14-7-4-5-12(16)9-14)15(19)18-8-3-2-6-13(18)10-17/h4-5,7,9,11,13H,2-3,6,8,10,17H2,1H3. The summed E-state index contributed by atoms with van der Waals surface area (Å²) in [6, 6.07) is 5.92. The van der Waals surface area contributed by atoms with Crippen molar-refractivity contribution in [3.63, 3.8) is 0 Å². The maximum atomic E-state index is 13.1. The second-order valence-electron chi connectivity index (χ2n) is 5.13. The van der Waals surface area contributed by atoms with Gasteiger partial charge in [0.25, 0.3) is 5.91 Å². The molecule has 1 fully saturated rings. The van der Waals surface area contributed by atoms with Crippen LogP contribution < -0.4 is 10.5 Å². The van der Waals surface area contributed by atoms with E-state index in [9.17, 15) is 9.18 Å². The van der Waals surface area contributed by atoms with Crippen molar-refractivity contribution in [1.29, 1.82) is 0 Å². The number of carbonyl (C=O) groups excluding carboxylic acids is 1. The Morgan fingerprint density at radius 1 is 1.55 bits per heavy atom. The smallest absolute Gasteiger partial charge is 0.263 e. The van der Waals surface area contributed by atoms with Gasteiger partial charge in [-0.1, -0.05) is 6.07 Å². The third-order valence-electron chi connectivity index (χ3n) is 3.64. The molecule has 110 valence electrons. The quantitative estimate of drug-likeness (QED) is 0.917. The minimum absolute atomic E-state index is 0.0792. The fourth-order valence-corrected chi connectivity index (χ4v) is 2.56. The number of nitrogens with two attached hydrogens (primary N) is 1. The first-order valence-electron chi connectivity index (χ1n) is 7.04. The summed E-state index contributed by atoms with van der Waals surface area (Å²) in [4.78, 5) is 14.2. The molecule has 0 saturated carbocycles. The van der Waals surface area contributed by atoms with Gasteiger partial charge in [0.2, 0.25) is 0 Å². The largest absolute Gasteiger partial charge is 0.481 e. The van der Waals surface area contributed by atoms with Crippen LogP contribution in [0.25, 0.3) is 0 Å². The van der Waals surface area contributed by atoms with Crippen molar-refractivity contribution in [3.8, 4) is 5.75 Å². The normalized spacial score (nSPS) is 20.6. The molecule has 1 aliphatic heterocycles. The van der Waals surface area contributed by atoms with Gasteiger partial charge < -0.3 is 15.4 Å². The van der Waals surface area contributed by atoms with E-state index in [4.69, 9.17) is 10.5 Å². The summed E-state index contributed by atoms with van der Waals surface area (Å²) in [5, 5.41) is 0. The number of halogens is 1. The number of likely N-dealkylation sites (tertiary alicyclic amines) is 1. The van der Waals surface area contributed by atoms with Gasteiger partial charge in [0.15, 0.2) is 6.10 Å². The molecule has 1 aromatic rings. The van der Waals surface area contributed by atoms with Gasteiger partial charge in [-0.2, -0.15) is 0 Å². The molecule has 1 amide bonds. The second-order valence-corrected chi connectivity index (χ2v) is 5.13. The van der Waals surface area contributed by atoms with E-state index in [1.54, 1.807) is 24.0 Å². The second kappa shape index (κ2) is 6.70. The molecule has 20 heavy (non-hydrogen) atoms. The first-order valence-corrected chi connectivity index (χ1v) is 7.04. The van der Waals surface area contributed by atoms with Crippen LogP contribution in [-0.4, -0.2) is 36.0 Å². The highest BCUT2D eigenvalue weighted by Gasteiger charge is 2.29. The monoisotopic (exact) mass is 280 g/mol. The van der Waals surface area contributed by atoms with Crippen molar-refractivity contribution in [2.24, 2.45) is 5.73 Å². The molecule has 4 nitrogen and oxygen atoms in total. The fourth-order valence-electron chi connectivity index (χ4n) is 2.56. The van der Waals surface area contributed by atoms with E-state index in [2.05, 4.69) is 0 Å². The van der Waals surface area contributed by atoms with Gasteiger partial charge in [0.05, 0.1) is 0 Å². The molecule has 2 rings (SSSR count). The molecular weight excluding hydrogens is 259 g/mol. The van der Waals surface area contributed by atoms with Gasteiger partial charge in [0, 0.05) is 25.2 Å². The highest BCUT2D eigenvalue weighted by atomic mass is 19.1. The molecule has 5 heteroatoms. The van der Waals surface area contributed by atoms with E-state index in [1.165, 1.54) is 12.1 Å². The van der Waals surface area contributed by atoms with Crippen molar-refractivity contribution in [2.45, 2.75) is 38.3 Å². The zero-order chi connectivity index (χ0) is 14.5. The van der Waals surface area contributed by atoms with Gasteiger partial charge in [-0.25, -0.2) is 4.39 Å². The van der Waals surface area contributed by atoms with Crippen molar-refractivity contribution in [1.82, 2.24) is 4.90 Å². The SMILES string of the molecule is CC(Oc1cccc(F)c1)C(=O)N1CCCCC1CN. The molecule has 0 aliphatic carbocycles. The first kappa shape index (κ1) is 14.8. The molecule has 2 N–H and O–H groups in total. The Kier molecular flexibility index (Phi) is 4.95. The molecule has 1 aliphatic rings. The number of piperidine rings is 1. The van der Waals surface area contributed by atoms with Crippen molar-refractivity contribution in [2.75, 3.05) is 13.1 Å². The number of ether oxygens (including phenoxy) is 1. The third-order valence-corrected chi connectivity index (χ3v) is 3.64. The Hall–Kier alpha value is -1.62. The van der Waals surface area contributed by atoms with E-state index in [-0.39, 0.29) is 17.8 Å². The zero-order valence-electron chi connectivity index (χ0n) is 11.7. The topological polar surface area (TPSA) is 55.6 Å². The first-order chi connectivity index (χ1) is 9.61. The van der Waals surface area contributed by atoms with E-state index in [1.807, 2.05) is 0 Å². The summed E-state index contributed by atoms with van der Waals surface area (Å²) in [7, 11) is 0. The molecule has 2 unspecified atom stereocenters. The summed E-state index contributed by atoms with van der Waals surface area (Å²) < 4.78 is 18.6. The van der Waals surface area contributed by atoms with Crippen LogP contribution in [0, 0.1) is 5.82 Å². The van der Waals surface area contributed by atoms with Crippen LogP contribution in [0.4, 0.5) is 4.39 Å². The lowest BCUT2D eigenvalue weighted by Gasteiger charge is -2.36. The van der Waals surface area contributed by atoms with Crippen molar-refractivity contribution in [3.05, 3.63) is 30.1 Å². The summed E-state index contributed by atoms with van der Waals surface area (Å²) in [6.45, 7) is 2.88. The van der Waals surface area contributed by atoms with Gasteiger partial charge >= 0.3 is 0 Å². The lowest BCUT2D eigenvalue weighted by Crippen LogP contribution is -2.51. The Labute approximate surface area is 118 Å². The highest BCUT2D eigenvalue weighted by Crippen LogP contribution is 2.19. The lowest BCUT2D eigenvalue weighted by molar-refractivity contribution is -0.141. The van der Waals surface area contributed by atoms with Crippen LogP contribution in [0.2, 0.25) is 0 Å². The Balaban J connectivity index is 2.00. The van der Waals surface area contributed by atoms with Gasteiger partial charge in [-0.15, -0.1) is 0 Å². The average molecular weight is 280 g/mol. The van der Waals surface area contributed by atoms with Crippen LogP contribution in [0.3, 0.4) is 0 Å². The zero-order valence-corrected chi connectivity index (χ0v) is 11.7. The number of hydrogen-bond donors (Lipinski definition) is 1. The minimum atomic E-state index is -0.635. The number of rotatable bonds is 4. The number of nitrogens with zero attached hydrogens (tertiary/aromatic N) is 1. The molecule has 0 aromatic heterocycles. The predicted molar refractivity (Wildman–Crippen MR) is 74.9 cm³/mol. The molecule has 0 bridgehead atoms. The Morgan fingerprint density at radius 2 is 2.35 bits per heavy atom. The molecular formula is C15H21FN2O2. The van der Waals surface area contributed by atoms with E-state index in [0.717, 1.165) is 25.8 Å². The fraction of sp³-hybridized carbons (Fsp3) is 0.533. The minimum Gasteiger partial charge on any atom is -0.481 e. The van der Waals surface area contributed by atoms with Gasteiger partial charge in [-0.3, -0.25) is 4.79 Å². The van der Waals surface area contributed by atoms with Gasteiger partial charge in [-0.05, 0) is 38.3 Å². The molecule has 1 aromatic carbocycles. The molecule has 1 saturated heterocycles. The Morgan fingerprint density at radius 3 is 3.05 bits per heavy atom. The van der Waals surface area contributed by atoms with Gasteiger partial charge in [0.1, 0.15) is 11.6 Å². The summed E-state index contributed by atoms with van der Waals surface area (Å²) in [6.07, 6.45) is 2.40. The maximum Gasteiger partial charge on any atom is 0.263 e. The van der Waals surface area contributed by atoms with Crippen LogP contribution in [0.1, 0.15) is 26.2 Å². The third kappa shape index (κ3) is 3.48. The number of carbonyl (C=O) groups is 1. The van der Waals surface area contributed by atoms with Crippen LogP contribution in [0.15, 0.2) is 24.3 Å². The van der Waals surface area contributed by atoms with Crippen molar-refractivity contribution >= 4 is 5.91 Å². The van der Waals surface area contributed by atoms with Crippen LogP contribution in [-0.2, 0) is 4.79 Å². The number of hydrogen-bond acceptors (Lipinski definition) is 3. The van der Waals surface area contributed by atoms with E-state index < -0.39 is 6.10 Å². The summed E-state index contributed by atoms with van der Waals surface area (Å²) in [5.41, 5.74) is 5.72. The average Bonchev–Trinajstić information content (AvgIpc) is 2.46. The van der Waals surface area contributed by atoms with E-state index >= 15 is 0 Å². The summed E-state index contributed by atoms with van der Waals surface area (Å²) >= 11 is 0. The lowest BCUT2D eigenvalue weighted by atomic mass is 10.0. The van der Waals surface area contributed by atoms with Crippen LogP contribution in [0.5, 0.6) is 5.75 Å². The number of amides is 1. The summed E-state index contributed by atoms with van der Waals surface area (Å²) in [5.74, 6) is -0.0866. The maximum absolute atomic E-state index is 13.1. The molecule has 2 atom stereocenters. The molecule has 0 spiro atoms. The van der Waals surface area contributed by atoms with Crippen molar-refractivity contribution < 1.29 is 13.9 Å².